The Hall–Kier alpha value is -1.49. The number of benzene rings is 1. The van der Waals surface area contributed by atoms with Gasteiger partial charge in [0, 0.05) is 24.1 Å². The first-order chi connectivity index (χ1) is 7.65. The van der Waals surface area contributed by atoms with Crippen LogP contribution in [-0.4, -0.2) is 30.4 Å². The lowest BCUT2D eigenvalue weighted by atomic mass is 9.96. The summed E-state index contributed by atoms with van der Waals surface area (Å²) >= 11 is 0. The minimum absolute atomic E-state index is 0.0443. The molecule has 0 aliphatic carbocycles. The molecule has 5 heteroatoms. The van der Waals surface area contributed by atoms with Crippen molar-refractivity contribution < 1.29 is 19.3 Å². The maximum absolute atomic E-state index is 13.9. The maximum atomic E-state index is 13.9. The van der Waals surface area contributed by atoms with E-state index in [1.807, 2.05) is 0 Å². The van der Waals surface area contributed by atoms with Crippen LogP contribution in [-0.2, 0) is 0 Å². The van der Waals surface area contributed by atoms with Crippen molar-refractivity contribution in [3.63, 3.8) is 0 Å². The molecule has 88 valence electrons. The standard InChI is InChI=1S/C11H14FNO3/c1-16-8-4-7(14)11(15)9(10(8)12)6-2-3-13-5-6/h4,6,13-15H,2-3,5H2,1H3. The summed E-state index contributed by atoms with van der Waals surface area (Å²) in [6.07, 6.45) is 0.733. The number of methoxy groups -OCH3 is 1. The number of halogens is 1. The smallest absolute Gasteiger partial charge is 0.172 e. The number of phenolic OH excluding ortho intramolecular Hbond substituents is 2. The molecule has 1 aromatic rings. The van der Waals surface area contributed by atoms with Crippen molar-refractivity contribution in [2.75, 3.05) is 20.2 Å². The molecule has 16 heavy (non-hydrogen) atoms. The highest BCUT2D eigenvalue weighted by Gasteiger charge is 2.27. The maximum Gasteiger partial charge on any atom is 0.172 e. The Morgan fingerprint density at radius 3 is 2.81 bits per heavy atom. The topological polar surface area (TPSA) is 61.7 Å². The molecular formula is C11H14FNO3. The Morgan fingerprint density at radius 1 is 1.50 bits per heavy atom. The SMILES string of the molecule is COc1cc(O)c(O)c(C2CCNC2)c1F. The number of hydrogen-bond acceptors (Lipinski definition) is 4. The highest BCUT2D eigenvalue weighted by Crippen LogP contribution is 2.42. The van der Waals surface area contributed by atoms with E-state index in [2.05, 4.69) is 5.32 Å². The van der Waals surface area contributed by atoms with E-state index in [1.54, 1.807) is 0 Å². The number of rotatable bonds is 2. The number of aromatic hydroxyl groups is 2. The quantitative estimate of drug-likeness (QED) is 0.667. The van der Waals surface area contributed by atoms with Gasteiger partial charge in [0.2, 0.25) is 0 Å². The lowest BCUT2D eigenvalue weighted by Crippen LogP contribution is -2.09. The number of phenols is 2. The second-order valence-electron chi connectivity index (χ2n) is 3.86. The molecule has 1 atom stereocenters. The van der Waals surface area contributed by atoms with Crippen molar-refractivity contribution in [1.29, 1.82) is 0 Å². The highest BCUT2D eigenvalue weighted by molar-refractivity contribution is 5.53. The molecule has 0 amide bonds. The van der Waals surface area contributed by atoms with Gasteiger partial charge in [-0.1, -0.05) is 0 Å². The zero-order valence-electron chi connectivity index (χ0n) is 8.96. The third kappa shape index (κ3) is 1.67. The molecule has 1 fully saturated rings. The van der Waals surface area contributed by atoms with Gasteiger partial charge in [-0.15, -0.1) is 0 Å². The fourth-order valence-electron chi connectivity index (χ4n) is 2.05. The van der Waals surface area contributed by atoms with Crippen LogP contribution in [0.3, 0.4) is 0 Å². The molecule has 1 aliphatic rings. The molecule has 0 saturated carbocycles. The van der Waals surface area contributed by atoms with Gasteiger partial charge in [0.25, 0.3) is 0 Å². The van der Waals surface area contributed by atoms with Gasteiger partial charge in [0.15, 0.2) is 23.1 Å². The van der Waals surface area contributed by atoms with Crippen LogP contribution in [0.2, 0.25) is 0 Å². The Kier molecular flexibility index (Phi) is 2.87. The molecule has 1 unspecified atom stereocenters. The molecule has 1 aliphatic heterocycles. The van der Waals surface area contributed by atoms with Gasteiger partial charge in [-0.2, -0.15) is 0 Å². The Labute approximate surface area is 92.7 Å². The molecule has 0 bridgehead atoms. The molecule has 1 saturated heterocycles. The zero-order chi connectivity index (χ0) is 11.7. The Balaban J connectivity index is 2.52. The normalized spacial score (nSPS) is 20.0. The Bertz CT molecular complexity index is 403. The van der Waals surface area contributed by atoms with Gasteiger partial charge in [0.1, 0.15) is 0 Å². The van der Waals surface area contributed by atoms with Crippen molar-refractivity contribution in [3.05, 3.63) is 17.4 Å². The molecule has 0 spiro atoms. The van der Waals surface area contributed by atoms with Crippen molar-refractivity contribution in [1.82, 2.24) is 5.32 Å². The summed E-state index contributed by atoms with van der Waals surface area (Å²) in [4.78, 5) is 0. The molecule has 2 rings (SSSR count). The van der Waals surface area contributed by atoms with E-state index in [-0.39, 0.29) is 28.7 Å². The van der Waals surface area contributed by atoms with Crippen LogP contribution >= 0.6 is 0 Å². The van der Waals surface area contributed by atoms with Crippen LogP contribution in [0.1, 0.15) is 17.9 Å². The predicted molar refractivity (Wildman–Crippen MR) is 56.5 cm³/mol. The van der Waals surface area contributed by atoms with E-state index >= 15 is 0 Å². The molecule has 1 heterocycles. The second-order valence-corrected chi connectivity index (χ2v) is 3.86. The molecule has 3 N–H and O–H groups in total. The highest BCUT2D eigenvalue weighted by atomic mass is 19.1. The lowest BCUT2D eigenvalue weighted by Gasteiger charge is -2.15. The van der Waals surface area contributed by atoms with Crippen molar-refractivity contribution in [2.45, 2.75) is 12.3 Å². The average molecular weight is 227 g/mol. The summed E-state index contributed by atoms with van der Waals surface area (Å²) in [7, 11) is 1.32. The molecule has 4 nitrogen and oxygen atoms in total. The van der Waals surface area contributed by atoms with E-state index in [1.165, 1.54) is 7.11 Å². The van der Waals surface area contributed by atoms with Crippen LogP contribution in [0.15, 0.2) is 6.07 Å². The minimum Gasteiger partial charge on any atom is -0.504 e. The summed E-state index contributed by atoms with van der Waals surface area (Å²) in [6.45, 7) is 1.37. The first kappa shape index (κ1) is 11.0. The van der Waals surface area contributed by atoms with Gasteiger partial charge in [-0.05, 0) is 13.0 Å². The first-order valence-electron chi connectivity index (χ1n) is 5.14. The summed E-state index contributed by atoms with van der Waals surface area (Å²) in [6, 6.07) is 1.08. The number of nitrogens with one attached hydrogen (secondary N) is 1. The molecule has 0 aromatic heterocycles. The third-order valence-electron chi connectivity index (χ3n) is 2.91. The van der Waals surface area contributed by atoms with Crippen LogP contribution in [0.5, 0.6) is 17.2 Å². The lowest BCUT2D eigenvalue weighted by molar-refractivity contribution is 0.356. The van der Waals surface area contributed by atoms with Crippen molar-refractivity contribution in [3.8, 4) is 17.2 Å². The Morgan fingerprint density at radius 2 is 2.25 bits per heavy atom. The van der Waals surface area contributed by atoms with Gasteiger partial charge in [0.05, 0.1) is 7.11 Å². The first-order valence-corrected chi connectivity index (χ1v) is 5.14. The monoisotopic (exact) mass is 227 g/mol. The average Bonchev–Trinajstić information content (AvgIpc) is 2.77. The van der Waals surface area contributed by atoms with Gasteiger partial charge < -0.3 is 20.3 Å². The van der Waals surface area contributed by atoms with E-state index in [4.69, 9.17) is 4.74 Å². The fraction of sp³-hybridized carbons (Fsp3) is 0.455. The van der Waals surface area contributed by atoms with E-state index in [0.29, 0.717) is 6.54 Å². The summed E-state index contributed by atoms with van der Waals surface area (Å²) in [5, 5.41) is 22.2. The predicted octanol–water partition coefficient (Wildman–Crippen LogP) is 1.32. The molecular weight excluding hydrogens is 213 g/mol. The van der Waals surface area contributed by atoms with Gasteiger partial charge in [-0.25, -0.2) is 4.39 Å². The van der Waals surface area contributed by atoms with Gasteiger partial charge >= 0.3 is 0 Å². The third-order valence-corrected chi connectivity index (χ3v) is 2.91. The van der Waals surface area contributed by atoms with Gasteiger partial charge in [-0.3, -0.25) is 0 Å². The van der Waals surface area contributed by atoms with Crippen LogP contribution < -0.4 is 10.1 Å². The fourth-order valence-corrected chi connectivity index (χ4v) is 2.05. The van der Waals surface area contributed by atoms with Crippen molar-refractivity contribution >= 4 is 0 Å². The minimum atomic E-state index is -0.591. The van der Waals surface area contributed by atoms with Crippen LogP contribution in [0.25, 0.3) is 0 Å². The number of ether oxygens (including phenoxy) is 1. The van der Waals surface area contributed by atoms with Crippen LogP contribution in [0, 0.1) is 5.82 Å². The summed E-state index contributed by atoms with van der Waals surface area (Å²) in [5.74, 6) is -1.49. The van der Waals surface area contributed by atoms with Crippen LogP contribution in [0.4, 0.5) is 4.39 Å². The second kappa shape index (κ2) is 4.17. The zero-order valence-corrected chi connectivity index (χ0v) is 8.96. The van der Waals surface area contributed by atoms with E-state index < -0.39 is 5.82 Å². The molecule has 1 aromatic carbocycles. The van der Waals surface area contributed by atoms with E-state index in [9.17, 15) is 14.6 Å². The van der Waals surface area contributed by atoms with E-state index in [0.717, 1.165) is 19.0 Å². The summed E-state index contributed by atoms with van der Waals surface area (Å²) < 4.78 is 18.8. The molecule has 0 radical (unpaired) electrons. The van der Waals surface area contributed by atoms with Crippen molar-refractivity contribution in [2.24, 2.45) is 0 Å². The summed E-state index contributed by atoms with van der Waals surface area (Å²) in [5.41, 5.74) is 0.141. The number of hydrogen-bond donors (Lipinski definition) is 3. The largest absolute Gasteiger partial charge is 0.504 e.